The SMILES string of the molecule is N#CC1=C(F)C(F)=C(c2c(F)c(F)c(N3c4ccccc4OC4C=CC=CC43)c(F)c2F)C(F)C1F. The van der Waals surface area contributed by atoms with E-state index in [0.717, 1.165) is 11.0 Å². The number of anilines is 2. The Bertz CT molecular complexity index is 1430. The summed E-state index contributed by atoms with van der Waals surface area (Å²) < 4.78 is 125. The Kier molecular flexibility index (Phi) is 5.62. The number of ether oxygens (including phenoxy) is 1. The Hall–Kier alpha value is -4.07. The summed E-state index contributed by atoms with van der Waals surface area (Å²) in [6.07, 6.45) is -1.17. The van der Waals surface area contributed by atoms with Crippen LogP contribution in [0.2, 0.25) is 0 Å². The van der Waals surface area contributed by atoms with Crippen molar-refractivity contribution in [3.8, 4) is 11.8 Å². The molecule has 0 N–H and O–H groups in total. The molecular weight excluding hydrogens is 496 g/mol. The molecule has 0 aromatic heterocycles. The van der Waals surface area contributed by atoms with Gasteiger partial charge in [0.2, 0.25) is 0 Å². The molecule has 36 heavy (non-hydrogen) atoms. The molecule has 2 aromatic carbocycles. The van der Waals surface area contributed by atoms with Crippen molar-refractivity contribution in [2.24, 2.45) is 0 Å². The molecule has 184 valence electrons. The minimum atomic E-state index is -3.31. The van der Waals surface area contributed by atoms with E-state index in [0.29, 0.717) is 0 Å². The fourth-order valence-corrected chi connectivity index (χ4v) is 4.45. The van der Waals surface area contributed by atoms with Crippen LogP contribution in [0.3, 0.4) is 0 Å². The molecule has 0 saturated carbocycles. The van der Waals surface area contributed by atoms with Crippen LogP contribution < -0.4 is 9.64 Å². The van der Waals surface area contributed by atoms with E-state index in [4.69, 9.17) is 10.00 Å². The van der Waals surface area contributed by atoms with Crippen molar-refractivity contribution in [3.63, 3.8) is 0 Å². The van der Waals surface area contributed by atoms with Crippen LogP contribution in [0, 0.1) is 34.6 Å². The molecular formula is C25H12F8N2O. The number of alkyl halides is 2. The second-order valence-corrected chi connectivity index (χ2v) is 8.03. The van der Waals surface area contributed by atoms with E-state index >= 15 is 17.6 Å². The predicted molar refractivity (Wildman–Crippen MR) is 113 cm³/mol. The lowest BCUT2D eigenvalue weighted by Crippen LogP contribution is -2.47. The van der Waals surface area contributed by atoms with Gasteiger partial charge in [-0.1, -0.05) is 30.4 Å². The number of hydrogen-bond donors (Lipinski definition) is 0. The molecule has 3 aliphatic rings. The molecule has 0 saturated heterocycles. The van der Waals surface area contributed by atoms with Crippen molar-refractivity contribution in [3.05, 3.63) is 94.6 Å². The predicted octanol–water partition coefficient (Wildman–Crippen LogP) is 6.75. The van der Waals surface area contributed by atoms with Crippen LogP contribution >= 0.6 is 0 Å². The molecule has 2 aliphatic carbocycles. The first-order valence-corrected chi connectivity index (χ1v) is 10.4. The molecule has 0 fully saturated rings. The van der Waals surface area contributed by atoms with Crippen LogP contribution in [0.15, 0.2) is 65.8 Å². The Labute approximate surface area is 198 Å². The number of para-hydroxylation sites is 2. The molecule has 11 heteroatoms. The largest absolute Gasteiger partial charge is 0.482 e. The minimum Gasteiger partial charge on any atom is -0.482 e. The Morgan fingerprint density at radius 1 is 0.806 bits per heavy atom. The van der Waals surface area contributed by atoms with E-state index in [2.05, 4.69) is 0 Å². The molecule has 4 unspecified atom stereocenters. The number of hydrogen-bond acceptors (Lipinski definition) is 3. The highest BCUT2D eigenvalue weighted by atomic mass is 19.2. The molecule has 0 amide bonds. The van der Waals surface area contributed by atoms with Gasteiger partial charge in [0, 0.05) is 5.57 Å². The van der Waals surface area contributed by atoms with E-state index in [-0.39, 0.29) is 11.4 Å². The van der Waals surface area contributed by atoms with Crippen molar-refractivity contribution in [1.29, 1.82) is 5.26 Å². The quantitative estimate of drug-likeness (QED) is 0.333. The van der Waals surface area contributed by atoms with E-state index in [1.54, 1.807) is 18.2 Å². The van der Waals surface area contributed by atoms with Gasteiger partial charge in [-0.15, -0.1) is 0 Å². The molecule has 1 aliphatic heterocycles. The summed E-state index contributed by atoms with van der Waals surface area (Å²) >= 11 is 0. The number of halogens is 8. The van der Waals surface area contributed by atoms with Crippen LogP contribution in [0.5, 0.6) is 5.75 Å². The van der Waals surface area contributed by atoms with Crippen molar-refractivity contribution >= 4 is 16.9 Å². The van der Waals surface area contributed by atoms with Crippen LogP contribution in [0.4, 0.5) is 46.5 Å². The van der Waals surface area contributed by atoms with Gasteiger partial charge in [0.15, 0.2) is 47.3 Å². The van der Waals surface area contributed by atoms with Gasteiger partial charge in [0.05, 0.1) is 17.3 Å². The van der Waals surface area contributed by atoms with Crippen LogP contribution in [0.25, 0.3) is 5.57 Å². The maximum Gasteiger partial charge on any atom is 0.186 e. The van der Waals surface area contributed by atoms with Gasteiger partial charge < -0.3 is 9.64 Å². The van der Waals surface area contributed by atoms with E-state index in [9.17, 15) is 17.6 Å². The Balaban J connectivity index is 1.76. The van der Waals surface area contributed by atoms with Gasteiger partial charge in [0.25, 0.3) is 0 Å². The second kappa shape index (κ2) is 8.55. The first-order chi connectivity index (χ1) is 17.2. The minimum absolute atomic E-state index is 0.0333. The third kappa shape index (κ3) is 3.24. The molecule has 1 heterocycles. The lowest BCUT2D eigenvalue weighted by Gasteiger charge is -2.42. The van der Waals surface area contributed by atoms with Gasteiger partial charge in [-0.3, -0.25) is 0 Å². The number of benzene rings is 2. The van der Waals surface area contributed by atoms with E-state index < -0.39 is 81.8 Å². The van der Waals surface area contributed by atoms with Gasteiger partial charge in [-0.2, -0.15) is 5.26 Å². The molecule has 0 radical (unpaired) electrons. The molecule has 3 nitrogen and oxygen atoms in total. The smallest absolute Gasteiger partial charge is 0.186 e. The van der Waals surface area contributed by atoms with Crippen molar-refractivity contribution in [2.75, 3.05) is 4.90 Å². The summed E-state index contributed by atoms with van der Waals surface area (Å²) in [5.74, 6) is -13.1. The van der Waals surface area contributed by atoms with Gasteiger partial charge in [0.1, 0.15) is 29.2 Å². The van der Waals surface area contributed by atoms with Gasteiger partial charge >= 0.3 is 0 Å². The topological polar surface area (TPSA) is 36.3 Å². The Morgan fingerprint density at radius 2 is 1.44 bits per heavy atom. The fraction of sp³-hybridized carbons (Fsp3) is 0.160. The normalized spacial score (nSPS) is 24.9. The monoisotopic (exact) mass is 508 g/mol. The Morgan fingerprint density at radius 3 is 2.11 bits per heavy atom. The van der Waals surface area contributed by atoms with Crippen molar-refractivity contribution in [1.82, 2.24) is 0 Å². The van der Waals surface area contributed by atoms with Crippen molar-refractivity contribution < 1.29 is 39.9 Å². The third-order valence-corrected chi connectivity index (χ3v) is 6.09. The first-order valence-electron chi connectivity index (χ1n) is 10.4. The average molecular weight is 508 g/mol. The highest BCUT2D eigenvalue weighted by Crippen LogP contribution is 2.48. The maximum atomic E-state index is 15.5. The zero-order valence-corrected chi connectivity index (χ0v) is 17.8. The summed E-state index contributed by atoms with van der Waals surface area (Å²) in [4.78, 5) is 0.925. The van der Waals surface area contributed by atoms with E-state index in [1.165, 1.54) is 30.4 Å². The maximum absolute atomic E-state index is 15.5. The third-order valence-electron chi connectivity index (χ3n) is 6.09. The average Bonchev–Trinajstić information content (AvgIpc) is 2.88. The number of nitriles is 1. The molecule has 5 rings (SSSR count). The van der Waals surface area contributed by atoms with Crippen LogP contribution in [0.1, 0.15) is 5.56 Å². The van der Waals surface area contributed by atoms with E-state index in [1.807, 2.05) is 0 Å². The zero-order chi connectivity index (χ0) is 25.9. The summed E-state index contributed by atoms with van der Waals surface area (Å²) in [5.41, 5.74) is -6.66. The first kappa shape index (κ1) is 23.7. The van der Waals surface area contributed by atoms with Gasteiger partial charge in [-0.05, 0) is 18.2 Å². The highest BCUT2D eigenvalue weighted by molar-refractivity contribution is 5.81. The van der Waals surface area contributed by atoms with Crippen molar-refractivity contribution in [2.45, 2.75) is 24.5 Å². The number of nitrogens with zero attached hydrogens (tertiary/aromatic N) is 2. The summed E-state index contributed by atoms with van der Waals surface area (Å²) in [6, 6.07) is 5.82. The molecule has 0 spiro atoms. The molecule has 0 bridgehead atoms. The van der Waals surface area contributed by atoms with Gasteiger partial charge in [-0.25, -0.2) is 35.1 Å². The van der Waals surface area contributed by atoms with Crippen LogP contribution in [-0.4, -0.2) is 24.5 Å². The lowest BCUT2D eigenvalue weighted by atomic mass is 9.88. The highest BCUT2D eigenvalue weighted by Gasteiger charge is 2.45. The summed E-state index contributed by atoms with van der Waals surface area (Å²) in [5, 5.41) is 8.74. The standard InChI is InChI=1S/C25H12F8N2O/c26-17-10(9-34)18(27)20(29)15(19(17)28)16-21(30)23(32)25(24(33)22(16)31)35-11-5-1-3-7-13(11)36-14-8-4-2-6-12(14)35/h1-8,11,13,17,19H. The van der Waals surface area contributed by atoms with Crippen LogP contribution in [-0.2, 0) is 0 Å². The molecule has 4 atom stereocenters. The lowest BCUT2D eigenvalue weighted by molar-refractivity contribution is 0.216. The number of rotatable bonds is 2. The zero-order valence-electron chi connectivity index (χ0n) is 17.8. The summed E-state index contributed by atoms with van der Waals surface area (Å²) in [7, 11) is 0. The fourth-order valence-electron chi connectivity index (χ4n) is 4.45. The number of fused-ring (bicyclic) bond motifs is 2. The molecule has 2 aromatic rings. The second-order valence-electron chi connectivity index (χ2n) is 8.03. The summed E-state index contributed by atoms with van der Waals surface area (Å²) in [6.45, 7) is 0. The number of allylic oxidation sites excluding steroid dienone is 6.